The molecular formula is C18H14BrN3O3. The summed E-state index contributed by atoms with van der Waals surface area (Å²) in [6.07, 6.45) is 0. The number of anilines is 1. The first kappa shape index (κ1) is 15.8. The quantitative estimate of drug-likeness (QED) is 0.667. The van der Waals surface area contributed by atoms with Crippen LogP contribution in [0.25, 0.3) is 22.8 Å². The maximum Gasteiger partial charge on any atom is 0.265 e. The van der Waals surface area contributed by atoms with E-state index >= 15 is 0 Å². The predicted octanol–water partition coefficient (Wildman–Crippen LogP) is 3.91. The molecule has 3 aromatic rings. The van der Waals surface area contributed by atoms with Gasteiger partial charge in [-0.1, -0.05) is 21.1 Å². The van der Waals surface area contributed by atoms with Gasteiger partial charge < -0.3 is 14.2 Å². The Kier molecular flexibility index (Phi) is 4.01. The number of hydrogen-bond donors (Lipinski definition) is 0. The summed E-state index contributed by atoms with van der Waals surface area (Å²) in [4.78, 5) is 18.2. The van der Waals surface area contributed by atoms with E-state index in [2.05, 4.69) is 26.1 Å². The molecule has 0 atom stereocenters. The number of rotatable bonds is 3. The Morgan fingerprint density at radius 1 is 1.16 bits per heavy atom. The molecule has 0 saturated carbocycles. The highest BCUT2D eigenvalue weighted by atomic mass is 79.9. The van der Waals surface area contributed by atoms with Gasteiger partial charge in [-0.15, -0.1) is 0 Å². The summed E-state index contributed by atoms with van der Waals surface area (Å²) in [5, 5.41) is 4.06. The lowest BCUT2D eigenvalue weighted by Crippen LogP contribution is -2.38. The molecular weight excluding hydrogens is 386 g/mol. The van der Waals surface area contributed by atoms with Crippen LogP contribution < -0.4 is 9.64 Å². The molecule has 25 heavy (non-hydrogen) atoms. The standard InChI is InChI=1S/C18H14BrN3O3/c1-2-22-14-9-12(5-8-15(14)24-10-16(22)23)17-20-18(25-21-17)11-3-6-13(19)7-4-11/h3-9H,2,10H2,1H3. The highest BCUT2D eigenvalue weighted by Crippen LogP contribution is 2.35. The number of aromatic nitrogens is 2. The Balaban J connectivity index is 1.70. The molecule has 0 N–H and O–H groups in total. The number of fused-ring (bicyclic) bond motifs is 1. The van der Waals surface area contributed by atoms with E-state index in [4.69, 9.17) is 9.26 Å². The first-order chi connectivity index (χ1) is 12.2. The van der Waals surface area contributed by atoms with Crippen LogP contribution in [-0.2, 0) is 4.79 Å². The van der Waals surface area contributed by atoms with Crippen molar-refractivity contribution < 1.29 is 14.1 Å². The molecule has 1 aliphatic heterocycles. The molecule has 0 saturated heterocycles. The second-order valence-electron chi connectivity index (χ2n) is 5.54. The number of benzene rings is 2. The molecule has 6 nitrogen and oxygen atoms in total. The van der Waals surface area contributed by atoms with Gasteiger partial charge in [0.2, 0.25) is 5.82 Å². The summed E-state index contributed by atoms with van der Waals surface area (Å²) in [5.74, 6) is 1.53. The Morgan fingerprint density at radius 3 is 2.68 bits per heavy atom. The van der Waals surface area contributed by atoms with Crippen molar-refractivity contribution in [2.24, 2.45) is 0 Å². The van der Waals surface area contributed by atoms with Crippen molar-refractivity contribution in [2.75, 3.05) is 18.1 Å². The van der Waals surface area contributed by atoms with Crippen molar-refractivity contribution in [1.82, 2.24) is 10.1 Å². The van der Waals surface area contributed by atoms with Crippen molar-refractivity contribution >= 4 is 27.5 Å². The number of nitrogens with zero attached hydrogens (tertiary/aromatic N) is 3. The molecule has 0 aliphatic carbocycles. The van der Waals surface area contributed by atoms with Crippen LogP contribution in [0.2, 0.25) is 0 Å². The van der Waals surface area contributed by atoms with E-state index in [1.54, 1.807) is 4.90 Å². The molecule has 2 heterocycles. The smallest absolute Gasteiger partial charge is 0.265 e. The summed E-state index contributed by atoms with van der Waals surface area (Å²) in [5.41, 5.74) is 2.34. The fourth-order valence-electron chi connectivity index (χ4n) is 2.74. The Morgan fingerprint density at radius 2 is 1.92 bits per heavy atom. The number of halogens is 1. The number of hydrogen-bond acceptors (Lipinski definition) is 5. The van der Waals surface area contributed by atoms with Crippen LogP contribution in [-0.4, -0.2) is 29.2 Å². The van der Waals surface area contributed by atoms with Gasteiger partial charge in [0, 0.05) is 22.1 Å². The minimum atomic E-state index is -0.0594. The monoisotopic (exact) mass is 399 g/mol. The van der Waals surface area contributed by atoms with Crippen LogP contribution in [0, 0.1) is 0 Å². The van der Waals surface area contributed by atoms with Crippen LogP contribution in [0.4, 0.5) is 5.69 Å². The van der Waals surface area contributed by atoms with E-state index in [0.29, 0.717) is 24.0 Å². The van der Waals surface area contributed by atoms with E-state index in [1.807, 2.05) is 49.4 Å². The van der Waals surface area contributed by atoms with Gasteiger partial charge in [0.15, 0.2) is 6.61 Å². The number of carbonyl (C=O) groups excluding carboxylic acids is 1. The fourth-order valence-corrected chi connectivity index (χ4v) is 3.00. The topological polar surface area (TPSA) is 68.5 Å². The van der Waals surface area contributed by atoms with Gasteiger partial charge in [-0.05, 0) is 49.4 Å². The van der Waals surface area contributed by atoms with Crippen molar-refractivity contribution in [2.45, 2.75) is 6.92 Å². The molecule has 126 valence electrons. The molecule has 0 unspecified atom stereocenters. The third-order valence-corrected chi connectivity index (χ3v) is 4.52. The van der Waals surface area contributed by atoms with E-state index in [1.165, 1.54) is 0 Å². The van der Waals surface area contributed by atoms with Crippen LogP contribution in [0.1, 0.15) is 6.92 Å². The van der Waals surface area contributed by atoms with Crippen molar-refractivity contribution in [3.8, 4) is 28.6 Å². The number of ether oxygens (including phenoxy) is 1. The van der Waals surface area contributed by atoms with E-state index < -0.39 is 0 Å². The van der Waals surface area contributed by atoms with Crippen molar-refractivity contribution in [1.29, 1.82) is 0 Å². The average molecular weight is 400 g/mol. The molecule has 7 heteroatoms. The van der Waals surface area contributed by atoms with Gasteiger partial charge in [0.05, 0.1) is 5.69 Å². The largest absolute Gasteiger partial charge is 0.482 e. The molecule has 0 spiro atoms. The van der Waals surface area contributed by atoms with Crippen LogP contribution >= 0.6 is 15.9 Å². The SMILES string of the molecule is CCN1C(=O)COc2ccc(-c3noc(-c4ccc(Br)cc4)n3)cc21. The van der Waals surface area contributed by atoms with Crippen LogP contribution in [0.15, 0.2) is 51.5 Å². The fraction of sp³-hybridized carbons (Fsp3) is 0.167. The zero-order valence-corrected chi connectivity index (χ0v) is 15.0. The Labute approximate surface area is 152 Å². The third-order valence-electron chi connectivity index (χ3n) is 3.99. The summed E-state index contributed by atoms with van der Waals surface area (Å²) < 4.78 is 11.8. The summed E-state index contributed by atoms with van der Waals surface area (Å²) in [7, 11) is 0. The zero-order valence-electron chi connectivity index (χ0n) is 13.4. The van der Waals surface area contributed by atoms with Crippen LogP contribution in [0.3, 0.4) is 0 Å². The van der Waals surface area contributed by atoms with E-state index in [9.17, 15) is 4.79 Å². The molecule has 4 rings (SSSR count). The Bertz CT molecular complexity index is 937. The minimum Gasteiger partial charge on any atom is -0.482 e. The third kappa shape index (κ3) is 2.91. The highest BCUT2D eigenvalue weighted by Gasteiger charge is 2.25. The van der Waals surface area contributed by atoms with Gasteiger partial charge in [-0.3, -0.25) is 4.79 Å². The van der Waals surface area contributed by atoms with Crippen molar-refractivity contribution in [3.63, 3.8) is 0 Å². The van der Waals surface area contributed by atoms with Gasteiger partial charge >= 0.3 is 0 Å². The molecule has 2 aromatic carbocycles. The summed E-state index contributed by atoms with van der Waals surface area (Å²) in [6.45, 7) is 2.57. The van der Waals surface area contributed by atoms with Gasteiger partial charge in [0.25, 0.3) is 11.8 Å². The van der Waals surface area contributed by atoms with Gasteiger partial charge in [-0.25, -0.2) is 0 Å². The molecule has 0 radical (unpaired) electrons. The van der Waals surface area contributed by atoms with E-state index in [0.717, 1.165) is 21.3 Å². The lowest BCUT2D eigenvalue weighted by atomic mass is 10.1. The average Bonchev–Trinajstić information content (AvgIpc) is 3.12. The lowest BCUT2D eigenvalue weighted by Gasteiger charge is -2.28. The molecule has 1 aliphatic rings. The highest BCUT2D eigenvalue weighted by molar-refractivity contribution is 9.10. The Hall–Kier alpha value is -2.67. The lowest BCUT2D eigenvalue weighted by molar-refractivity contribution is -0.121. The normalized spacial score (nSPS) is 13.5. The second-order valence-corrected chi connectivity index (χ2v) is 6.45. The molecule has 0 bridgehead atoms. The van der Waals surface area contributed by atoms with Gasteiger partial charge in [0.1, 0.15) is 5.75 Å². The predicted molar refractivity (Wildman–Crippen MR) is 96.4 cm³/mol. The van der Waals surface area contributed by atoms with E-state index in [-0.39, 0.29) is 12.5 Å². The number of carbonyl (C=O) groups is 1. The first-order valence-electron chi connectivity index (χ1n) is 7.83. The minimum absolute atomic E-state index is 0.0594. The van der Waals surface area contributed by atoms with Gasteiger partial charge in [-0.2, -0.15) is 4.98 Å². The maximum absolute atomic E-state index is 12.0. The maximum atomic E-state index is 12.0. The molecule has 1 amide bonds. The zero-order chi connectivity index (χ0) is 17.4. The number of amides is 1. The number of likely N-dealkylation sites (N-methyl/N-ethyl adjacent to an activating group) is 1. The summed E-state index contributed by atoms with van der Waals surface area (Å²) >= 11 is 3.40. The molecule has 1 aromatic heterocycles. The van der Waals surface area contributed by atoms with Crippen molar-refractivity contribution in [3.05, 3.63) is 46.9 Å². The second kappa shape index (κ2) is 6.33. The van der Waals surface area contributed by atoms with Crippen LogP contribution in [0.5, 0.6) is 5.75 Å². The molecule has 0 fully saturated rings. The first-order valence-corrected chi connectivity index (χ1v) is 8.62. The summed E-state index contributed by atoms with van der Waals surface area (Å²) in [6, 6.07) is 13.2.